The summed E-state index contributed by atoms with van der Waals surface area (Å²) < 4.78 is 19.3. The highest BCUT2D eigenvalue weighted by atomic mass is 19.1. The Labute approximate surface area is 77.9 Å². The number of nitrogens with two attached hydrogens (primary N) is 1. The maximum absolute atomic E-state index is 14.4. The molecule has 0 aromatic carbocycles. The molecule has 0 amide bonds. The fourth-order valence-electron chi connectivity index (χ4n) is 1.35. The van der Waals surface area contributed by atoms with Crippen molar-refractivity contribution in [3.05, 3.63) is 24.2 Å². The second kappa shape index (κ2) is 3.14. The van der Waals surface area contributed by atoms with E-state index in [0.717, 1.165) is 0 Å². The van der Waals surface area contributed by atoms with E-state index in [1.54, 1.807) is 6.07 Å². The first-order valence-corrected chi connectivity index (χ1v) is 4.33. The van der Waals surface area contributed by atoms with Crippen LogP contribution in [-0.2, 0) is 5.67 Å². The molecule has 0 fully saturated rings. The number of furan rings is 1. The van der Waals surface area contributed by atoms with Crippen LogP contribution in [0.5, 0.6) is 0 Å². The molecule has 0 spiro atoms. The zero-order chi connectivity index (χ0) is 10.1. The molecule has 1 aromatic heterocycles. The number of halogens is 1. The van der Waals surface area contributed by atoms with E-state index in [9.17, 15) is 4.39 Å². The lowest BCUT2D eigenvalue weighted by Crippen LogP contribution is -2.42. The van der Waals surface area contributed by atoms with Crippen LogP contribution in [0, 0.1) is 5.41 Å². The van der Waals surface area contributed by atoms with Crippen LogP contribution in [0.4, 0.5) is 4.39 Å². The summed E-state index contributed by atoms with van der Waals surface area (Å²) in [6.45, 7) is 5.45. The fourth-order valence-corrected chi connectivity index (χ4v) is 1.35. The van der Waals surface area contributed by atoms with Crippen molar-refractivity contribution in [3.8, 4) is 0 Å². The van der Waals surface area contributed by atoms with Gasteiger partial charge in [-0.15, -0.1) is 0 Å². The van der Waals surface area contributed by atoms with Crippen molar-refractivity contribution in [2.24, 2.45) is 11.1 Å². The van der Waals surface area contributed by atoms with Gasteiger partial charge in [-0.3, -0.25) is 0 Å². The van der Waals surface area contributed by atoms with E-state index < -0.39 is 11.1 Å². The predicted molar refractivity (Wildman–Crippen MR) is 50.0 cm³/mol. The Morgan fingerprint density at radius 2 is 2.08 bits per heavy atom. The molecule has 2 nitrogen and oxygen atoms in total. The highest BCUT2D eigenvalue weighted by Gasteiger charge is 2.43. The number of rotatable bonds is 2. The van der Waals surface area contributed by atoms with Crippen molar-refractivity contribution >= 4 is 0 Å². The minimum atomic E-state index is -1.51. The van der Waals surface area contributed by atoms with Crippen LogP contribution < -0.4 is 5.73 Å². The van der Waals surface area contributed by atoms with E-state index in [0.29, 0.717) is 5.56 Å². The van der Waals surface area contributed by atoms with Crippen LogP contribution in [-0.4, -0.2) is 6.54 Å². The molecular weight excluding hydrogens is 169 g/mol. The molecule has 3 heteroatoms. The van der Waals surface area contributed by atoms with E-state index in [2.05, 4.69) is 0 Å². The molecule has 1 heterocycles. The highest BCUT2D eigenvalue weighted by Crippen LogP contribution is 2.42. The number of hydrogen-bond donors (Lipinski definition) is 1. The van der Waals surface area contributed by atoms with Crippen molar-refractivity contribution in [2.45, 2.75) is 26.4 Å². The van der Waals surface area contributed by atoms with Crippen molar-refractivity contribution in [1.29, 1.82) is 0 Å². The van der Waals surface area contributed by atoms with Crippen LogP contribution in [0.3, 0.4) is 0 Å². The van der Waals surface area contributed by atoms with Gasteiger partial charge in [0.1, 0.15) is 0 Å². The highest BCUT2D eigenvalue weighted by molar-refractivity contribution is 5.20. The summed E-state index contributed by atoms with van der Waals surface area (Å²) >= 11 is 0. The van der Waals surface area contributed by atoms with Gasteiger partial charge in [0.25, 0.3) is 0 Å². The van der Waals surface area contributed by atoms with Crippen molar-refractivity contribution in [1.82, 2.24) is 0 Å². The average molecular weight is 185 g/mol. The van der Waals surface area contributed by atoms with Crippen LogP contribution in [0.2, 0.25) is 0 Å². The standard InChI is InChI=1S/C10H16FNO/c1-9(2,3)10(11,7-12)8-4-5-13-6-8/h4-6H,7,12H2,1-3H3. The molecule has 0 aliphatic rings. The van der Waals surface area contributed by atoms with Gasteiger partial charge in [-0.2, -0.15) is 0 Å². The van der Waals surface area contributed by atoms with Crippen molar-refractivity contribution in [2.75, 3.05) is 6.54 Å². The Kier molecular flexibility index (Phi) is 2.48. The lowest BCUT2D eigenvalue weighted by Gasteiger charge is -2.36. The molecule has 13 heavy (non-hydrogen) atoms. The molecule has 1 aromatic rings. The third-order valence-electron chi connectivity index (χ3n) is 2.45. The third-order valence-corrected chi connectivity index (χ3v) is 2.45. The molecule has 0 saturated heterocycles. The Morgan fingerprint density at radius 3 is 2.38 bits per heavy atom. The smallest absolute Gasteiger partial charge is 0.155 e. The first kappa shape index (κ1) is 10.3. The monoisotopic (exact) mass is 185 g/mol. The first-order valence-electron chi connectivity index (χ1n) is 4.33. The minimum absolute atomic E-state index is 0.0317. The van der Waals surface area contributed by atoms with Crippen LogP contribution >= 0.6 is 0 Å². The Hall–Kier alpha value is -0.830. The first-order chi connectivity index (χ1) is 5.92. The average Bonchev–Trinajstić information content (AvgIpc) is 2.52. The van der Waals surface area contributed by atoms with Gasteiger partial charge in [0.05, 0.1) is 12.5 Å². The third kappa shape index (κ3) is 1.61. The van der Waals surface area contributed by atoms with E-state index in [1.807, 2.05) is 20.8 Å². The van der Waals surface area contributed by atoms with Crippen LogP contribution in [0.15, 0.2) is 23.0 Å². The van der Waals surface area contributed by atoms with Gasteiger partial charge in [0.2, 0.25) is 0 Å². The largest absolute Gasteiger partial charge is 0.472 e. The summed E-state index contributed by atoms with van der Waals surface area (Å²) in [7, 11) is 0. The fraction of sp³-hybridized carbons (Fsp3) is 0.600. The maximum Gasteiger partial charge on any atom is 0.155 e. The summed E-state index contributed by atoms with van der Waals surface area (Å²) in [5.74, 6) is 0. The zero-order valence-corrected chi connectivity index (χ0v) is 8.30. The normalized spacial score (nSPS) is 17.0. The minimum Gasteiger partial charge on any atom is -0.472 e. The maximum atomic E-state index is 14.4. The zero-order valence-electron chi connectivity index (χ0n) is 8.30. The SMILES string of the molecule is CC(C)(C)C(F)(CN)c1ccoc1. The van der Waals surface area contributed by atoms with Gasteiger partial charge in [0, 0.05) is 17.5 Å². The summed E-state index contributed by atoms with van der Waals surface area (Å²) in [5, 5.41) is 0. The van der Waals surface area contributed by atoms with E-state index in [4.69, 9.17) is 10.2 Å². The quantitative estimate of drug-likeness (QED) is 0.768. The Morgan fingerprint density at radius 1 is 1.46 bits per heavy atom. The lowest BCUT2D eigenvalue weighted by atomic mass is 9.74. The van der Waals surface area contributed by atoms with Gasteiger partial charge < -0.3 is 10.2 Å². The molecule has 0 radical (unpaired) electrons. The number of hydrogen-bond acceptors (Lipinski definition) is 2. The summed E-state index contributed by atoms with van der Waals surface area (Å²) in [6.07, 6.45) is 2.88. The molecular formula is C10H16FNO. The molecule has 2 N–H and O–H groups in total. The topological polar surface area (TPSA) is 39.2 Å². The number of alkyl halides is 1. The lowest BCUT2D eigenvalue weighted by molar-refractivity contribution is 0.0337. The van der Waals surface area contributed by atoms with Crippen LogP contribution in [0.1, 0.15) is 26.3 Å². The van der Waals surface area contributed by atoms with Crippen LogP contribution in [0.25, 0.3) is 0 Å². The molecule has 1 atom stereocenters. The second-order valence-corrected chi connectivity index (χ2v) is 4.27. The Bertz CT molecular complexity index is 263. The van der Waals surface area contributed by atoms with Crippen molar-refractivity contribution in [3.63, 3.8) is 0 Å². The van der Waals surface area contributed by atoms with Gasteiger partial charge in [-0.1, -0.05) is 20.8 Å². The summed E-state index contributed by atoms with van der Waals surface area (Å²) in [4.78, 5) is 0. The predicted octanol–water partition coefficient (Wildman–Crippen LogP) is 2.45. The van der Waals surface area contributed by atoms with E-state index in [-0.39, 0.29) is 6.54 Å². The molecule has 0 saturated carbocycles. The van der Waals surface area contributed by atoms with Gasteiger partial charge in [0.15, 0.2) is 5.67 Å². The molecule has 74 valence electrons. The Balaban J connectivity index is 3.09. The van der Waals surface area contributed by atoms with E-state index >= 15 is 0 Å². The molecule has 0 aliphatic heterocycles. The second-order valence-electron chi connectivity index (χ2n) is 4.27. The summed E-state index contributed by atoms with van der Waals surface area (Å²) in [6, 6.07) is 1.62. The summed E-state index contributed by atoms with van der Waals surface area (Å²) in [5.41, 5.74) is 3.95. The molecule has 0 bridgehead atoms. The van der Waals surface area contributed by atoms with E-state index in [1.165, 1.54) is 12.5 Å². The van der Waals surface area contributed by atoms with Gasteiger partial charge in [-0.25, -0.2) is 4.39 Å². The molecule has 1 unspecified atom stereocenters. The van der Waals surface area contributed by atoms with Gasteiger partial charge in [-0.05, 0) is 6.07 Å². The van der Waals surface area contributed by atoms with Gasteiger partial charge >= 0.3 is 0 Å². The molecule has 1 rings (SSSR count). The molecule has 0 aliphatic carbocycles. The van der Waals surface area contributed by atoms with Crippen molar-refractivity contribution < 1.29 is 8.81 Å².